The largest absolute Gasteiger partial charge is 0.480 e. The number of aliphatic carboxylic acids is 1. The molecule has 0 fully saturated rings. The summed E-state index contributed by atoms with van der Waals surface area (Å²) in [6.07, 6.45) is 0.0573. The highest BCUT2D eigenvalue weighted by Crippen LogP contribution is 2.30. The van der Waals surface area contributed by atoms with Crippen molar-refractivity contribution in [2.45, 2.75) is 33.2 Å². The molecule has 0 saturated carbocycles. The minimum atomic E-state index is -1.17. The zero-order chi connectivity index (χ0) is 15.1. The van der Waals surface area contributed by atoms with Gasteiger partial charge in [-0.3, -0.25) is 14.5 Å². The van der Waals surface area contributed by atoms with E-state index in [1.807, 2.05) is 0 Å². The smallest absolute Gasteiger partial charge is 0.327 e. The SMILES string of the molecule is CC(C)(C)C(C(=O)O)N1C(=O)Cc2ccccc2C1=O. The molecule has 1 aliphatic rings. The highest BCUT2D eigenvalue weighted by Gasteiger charge is 2.45. The third-order valence-electron chi connectivity index (χ3n) is 3.39. The van der Waals surface area contributed by atoms with Crippen LogP contribution in [0.3, 0.4) is 0 Å². The fourth-order valence-electron chi connectivity index (χ4n) is 2.50. The molecule has 20 heavy (non-hydrogen) atoms. The van der Waals surface area contributed by atoms with Crippen molar-refractivity contribution in [1.82, 2.24) is 4.90 Å². The second-order valence-electron chi connectivity index (χ2n) is 6.01. The summed E-state index contributed by atoms with van der Waals surface area (Å²) in [6, 6.07) is 5.63. The minimum absolute atomic E-state index is 0.0573. The normalized spacial score (nSPS) is 16.9. The topological polar surface area (TPSA) is 74.7 Å². The number of benzene rings is 1. The molecular formula is C15H17NO4. The first kappa shape index (κ1) is 14.2. The molecule has 0 bridgehead atoms. The van der Waals surface area contributed by atoms with Gasteiger partial charge in [0, 0.05) is 5.56 Å². The second-order valence-corrected chi connectivity index (χ2v) is 6.01. The first-order valence-electron chi connectivity index (χ1n) is 6.40. The molecule has 1 unspecified atom stereocenters. The van der Waals surface area contributed by atoms with E-state index in [2.05, 4.69) is 0 Å². The average Bonchev–Trinajstić information content (AvgIpc) is 2.32. The maximum Gasteiger partial charge on any atom is 0.327 e. The number of carbonyl (C=O) groups excluding carboxylic acids is 2. The molecule has 5 nitrogen and oxygen atoms in total. The van der Waals surface area contributed by atoms with Crippen LogP contribution in [0.15, 0.2) is 24.3 Å². The van der Waals surface area contributed by atoms with Gasteiger partial charge in [-0.25, -0.2) is 4.79 Å². The molecule has 1 N–H and O–H groups in total. The molecule has 1 atom stereocenters. The van der Waals surface area contributed by atoms with Crippen LogP contribution in [-0.2, 0) is 16.0 Å². The van der Waals surface area contributed by atoms with Gasteiger partial charge in [0.15, 0.2) is 0 Å². The van der Waals surface area contributed by atoms with Crippen LogP contribution in [0.5, 0.6) is 0 Å². The van der Waals surface area contributed by atoms with Gasteiger partial charge in [0.1, 0.15) is 6.04 Å². The van der Waals surface area contributed by atoms with Crippen molar-refractivity contribution >= 4 is 17.8 Å². The van der Waals surface area contributed by atoms with E-state index in [-0.39, 0.29) is 6.42 Å². The lowest BCUT2D eigenvalue weighted by Gasteiger charge is -2.38. The Morgan fingerprint density at radius 2 is 1.85 bits per heavy atom. The Kier molecular flexibility index (Phi) is 3.38. The van der Waals surface area contributed by atoms with E-state index in [0.717, 1.165) is 4.90 Å². The molecule has 1 aromatic carbocycles. The lowest BCUT2D eigenvalue weighted by atomic mass is 9.83. The standard InChI is InChI=1S/C15H17NO4/c1-15(2,3)12(14(19)20)16-11(17)8-9-6-4-5-7-10(9)13(16)18/h4-7,12H,8H2,1-3H3,(H,19,20). The minimum Gasteiger partial charge on any atom is -0.480 e. The maximum absolute atomic E-state index is 12.5. The fourth-order valence-corrected chi connectivity index (χ4v) is 2.50. The number of hydrogen-bond acceptors (Lipinski definition) is 3. The van der Waals surface area contributed by atoms with Crippen molar-refractivity contribution in [3.63, 3.8) is 0 Å². The van der Waals surface area contributed by atoms with Crippen LogP contribution < -0.4 is 0 Å². The van der Waals surface area contributed by atoms with Crippen LogP contribution >= 0.6 is 0 Å². The van der Waals surface area contributed by atoms with E-state index >= 15 is 0 Å². The summed E-state index contributed by atoms with van der Waals surface area (Å²) in [4.78, 5) is 37.1. The Hall–Kier alpha value is -2.17. The monoisotopic (exact) mass is 275 g/mol. The van der Waals surface area contributed by atoms with Crippen molar-refractivity contribution in [3.05, 3.63) is 35.4 Å². The van der Waals surface area contributed by atoms with E-state index in [9.17, 15) is 19.5 Å². The Morgan fingerprint density at radius 1 is 1.25 bits per heavy atom. The first-order chi connectivity index (χ1) is 9.23. The van der Waals surface area contributed by atoms with Gasteiger partial charge in [0.2, 0.25) is 5.91 Å². The number of nitrogens with zero attached hydrogens (tertiary/aromatic N) is 1. The fraction of sp³-hybridized carbons (Fsp3) is 0.400. The summed E-state index contributed by atoms with van der Waals surface area (Å²) in [5, 5.41) is 9.40. The van der Waals surface area contributed by atoms with Gasteiger partial charge in [-0.2, -0.15) is 0 Å². The van der Waals surface area contributed by atoms with Gasteiger partial charge in [0.05, 0.1) is 6.42 Å². The summed E-state index contributed by atoms with van der Waals surface area (Å²) >= 11 is 0. The second kappa shape index (κ2) is 4.74. The molecule has 0 aliphatic carbocycles. The molecule has 2 rings (SSSR count). The highest BCUT2D eigenvalue weighted by molar-refractivity contribution is 6.11. The summed E-state index contributed by atoms with van der Waals surface area (Å²) < 4.78 is 0. The summed E-state index contributed by atoms with van der Waals surface area (Å²) in [5.41, 5.74) is 0.322. The van der Waals surface area contributed by atoms with Crippen LogP contribution in [0.4, 0.5) is 0 Å². The number of imide groups is 1. The molecule has 0 saturated heterocycles. The number of carbonyl (C=O) groups is 3. The van der Waals surface area contributed by atoms with Crippen molar-refractivity contribution in [2.24, 2.45) is 5.41 Å². The first-order valence-corrected chi connectivity index (χ1v) is 6.40. The molecule has 0 radical (unpaired) electrons. The molecule has 106 valence electrons. The number of hydrogen-bond donors (Lipinski definition) is 1. The third kappa shape index (κ3) is 2.31. The summed E-state index contributed by atoms with van der Waals surface area (Å²) in [7, 11) is 0. The molecule has 1 aromatic rings. The van der Waals surface area contributed by atoms with Crippen LogP contribution in [0.25, 0.3) is 0 Å². The number of fused-ring (bicyclic) bond motifs is 1. The van der Waals surface area contributed by atoms with Crippen molar-refractivity contribution in [3.8, 4) is 0 Å². The Bertz CT molecular complexity index is 586. The van der Waals surface area contributed by atoms with Crippen LogP contribution in [-0.4, -0.2) is 33.8 Å². The Labute approximate surface area is 117 Å². The lowest BCUT2D eigenvalue weighted by Crippen LogP contribution is -2.56. The Balaban J connectivity index is 2.50. The number of carboxylic acid groups (broad SMARTS) is 1. The predicted molar refractivity (Wildman–Crippen MR) is 72.2 cm³/mol. The third-order valence-corrected chi connectivity index (χ3v) is 3.39. The van der Waals surface area contributed by atoms with Crippen LogP contribution in [0.2, 0.25) is 0 Å². The molecule has 0 aromatic heterocycles. The highest BCUT2D eigenvalue weighted by atomic mass is 16.4. The van der Waals surface area contributed by atoms with Gasteiger partial charge in [-0.05, 0) is 17.0 Å². The molecule has 0 spiro atoms. The van der Waals surface area contributed by atoms with E-state index in [4.69, 9.17) is 0 Å². The van der Waals surface area contributed by atoms with E-state index in [1.54, 1.807) is 45.0 Å². The number of rotatable bonds is 2. The quantitative estimate of drug-likeness (QED) is 0.834. The zero-order valence-corrected chi connectivity index (χ0v) is 11.7. The predicted octanol–water partition coefficient (Wildman–Crippen LogP) is 1.71. The molecule has 2 amide bonds. The van der Waals surface area contributed by atoms with E-state index < -0.39 is 29.2 Å². The number of carboxylic acids is 1. The van der Waals surface area contributed by atoms with Crippen LogP contribution in [0, 0.1) is 5.41 Å². The molecule has 1 heterocycles. The van der Waals surface area contributed by atoms with Crippen molar-refractivity contribution in [2.75, 3.05) is 0 Å². The zero-order valence-electron chi connectivity index (χ0n) is 11.7. The molecule has 1 aliphatic heterocycles. The Morgan fingerprint density at radius 3 is 2.40 bits per heavy atom. The van der Waals surface area contributed by atoms with Crippen molar-refractivity contribution in [1.29, 1.82) is 0 Å². The van der Waals surface area contributed by atoms with Gasteiger partial charge in [-0.1, -0.05) is 39.0 Å². The van der Waals surface area contributed by atoms with Gasteiger partial charge < -0.3 is 5.11 Å². The summed E-state index contributed by atoms with van der Waals surface area (Å²) in [5.74, 6) is -2.16. The van der Waals surface area contributed by atoms with Gasteiger partial charge in [-0.15, -0.1) is 0 Å². The van der Waals surface area contributed by atoms with Crippen molar-refractivity contribution < 1.29 is 19.5 Å². The molecule has 5 heteroatoms. The van der Waals surface area contributed by atoms with E-state index in [1.165, 1.54) is 0 Å². The lowest BCUT2D eigenvalue weighted by molar-refractivity contribution is -0.152. The maximum atomic E-state index is 12.5. The van der Waals surface area contributed by atoms with E-state index in [0.29, 0.717) is 11.1 Å². The van der Waals surface area contributed by atoms with Crippen LogP contribution in [0.1, 0.15) is 36.7 Å². The summed E-state index contributed by atoms with van der Waals surface area (Å²) in [6.45, 7) is 5.10. The van der Waals surface area contributed by atoms with Gasteiger partial charge in [0.25, 0.3) is 5.91 Å². The average molecular weight is 275 g/mol. The number of amides is 2. The molecular weight excluding hydrogens is 258 g/mol. The van der Waals surface area contributed by atoms with Gasteiger partial charge >= 0.3 is 5.97 Å².